The molecule has 2 fully saturated rings. The molecule has 0 aliphatic carbocycles. The number of halogens is 2. The molecule has 0 spiro atoms. The van der Waals surface area contributed by atoms with E-state index in [4.69, 9.17) is 0 Å². The second kappa shape index (κ2) is 9.38. The van der Waals surface area contributed by atoms with Crippen molar-refractivity contribution in [1.82, 2.24) is 24.5 Å². The van der Waals surface area contributed by atoms with Crippen molar-refractivity contribution in [3.63, 3.8) is 0 Å². The second-order valence-electron chi connectivity index (χ2n) is 11.0. The summed E-state index contributed by atoms with van der Waals surface area (Å²) >= 11 is 0. The summed E-state index contributed by atoms with van der Waals surface area (Å²) in [4.78, 5) is 41.8. The first-order chi connectivity index (χ1) is 20.2. The van der Waals surface area contributed by atoms with E-state index in [1.807, 2.05) is 0 Å². The van der Waals surface area contributed by atoms with Gasteiger partial charge in [0, 0.05) is 75.6 Å². The number of carboxylic acid groups (broad SMARTS) is 1. The molecule has 2 aliphatic rings. The SMILES string of the molecule is CNc1cc(F)c(F)c2c1[nH]c1ncc(-c3cnc4c(c3)c(=O)c(C(=O)O)cn4NC)c(N3CC[C@H]4CN(C)[C@H]4C3)c12. The van der Waals surface area contributed by atoms with Crippen LogP contribution < -0.4 is 21.1 Å². The molecule has 11 nitrogen and oxygen atoms in total. The number of nitrogens with one attached hydrogen (secondary N) is 3. The summed E-state index contributed by atoms with van der Waals surface area (Å²) in [6, 6.07) is 3.01. The highest BCUT2D eigenvalue weighted by Gasteiger charge is 2.41. The maximum absolute atomic E-state index is 15.6. The number of likely N-dealkylation sites (tertiary alicyclic amines) is 1. The largest absolute Gasteiger partial charge is 0.477 e. The fourth-order valence-corrected chi connectivity index (χ4v) is 6.62. The number of carboxylic acids is 1. The highest BCUT2D eigenvalue weighted by Crippen LogP contribution is 2.45. The van der Waals surface area contributed by atoms with Crippen molar-refractivity contribution in [2.45, 2.75) is 12.5 Å². The number of carbonyl (C=O) groups is 1. The van der Waals surface area contributed by atoms with E-state index < -0.39 is 28.6 Å². The van der Waals surface area contributed by atoms with E-state index in [1.54, 1.807) is 32.6 Å². The van der Waals surface area contributed by atoms with Gasteiger partial charge in [0.2, 0.25) is 5.43 Å². The number of hydrogen-bond donors (Lipinski definition) is 4. The Morgan fingerprint density at radius 3 is 2.67 bits per heavy atom. The van der Waals surface area contributed by atoms with Gasteiger partial charge in [-0.15, -0.1) is 0 Å². The Morgan fingerprint density at radius 2 is 1.95 bits per heavy atom. The lowest BCUT2D eigenvalue weighted by Gasteiger charge is -2.52. The summed E-state index contributed by atoms with van der Waals surface area (Å²) < 4.78 is 31.9. The Hall–Kier alpha value is -4.78. The number of pyridine rings is 3. The lowest BCUT2D eigenvalue weighted by Crippen LogP contribution is -2.62. The van der Waals surface area contributed by atoms with Crippen molar-refractivity contribution in [3.05, 3.63) is 58.1 Å². The zero-order valence-electron chi connectivity index (χ0n) is 23.1. The van der Waals surface area contributed by atoms with Crippen molar-refractivity contribution < 1.29 is 18.7 Å². The molecule has 4 N–H and O–H groups in total. The number of nitrogens with zero attached hydrogens (tertiary/aromatic N) is 5. The van der Waals surface area contributed by atoms with Crippen LogP contribution in [0.1, 0.15) is 16.8 Å². The average molecular weight is 575 g/mol. The molecule has 2 atom stereocenters. The molecule has 0 saturated carbocycles. The first kappa shape index (κ1) is 26.1. The number of H-pyrrole nitrogens is 1. The van der Waals surface area contributed by atoms with Crippen LogP contribution in [0.3, 0.4) is 0 Å². The first-order valence-corrected chi connectivity index (χ1v) is 13.6. The monoisotopic (exact) mass is 574 g/mol. The van der Waals surface area contributed by atoms with Gasteiger partial charge in [-0.2, -0.15) is 0 Å². The smallest absolute Gasteiger partial charge is 0.341 e. The van der Waals surface area contributed by atoms with E-state index in [0.717, 1.165) is 19.0 Å². The number of rotatable bonds is 5. The van der Waals surface area contributed by atoms with Crippen molar-refractivity contribution >= 4 is 50.3 Å². The molecule has 13 heteroatoms. The third kappa shape index (κ3) is 3.66. The van der Waals surface area contributed by atoms with Crippen LogP contribution in [-0.4, -0.2) is 82.4 Å². The summed E-state index contributed by atoms with van der Waals surface area (Å²) in [5, 5.41) is 13.2. The van der Waals surface area contributed by atoms with Gasteiger partial charge < -0.3 is 30.6 Å². The Kier molecular flexibility index (Phi) is 5.84. The van der Waals surface area contributed by atoms with Gasteiger partial charge in [0.1, 0.15) is 11.2 Å². The molecule has 5 aromatic rings. The fourth-order valence-electron chi connectivity index (χ4n) is 6.62. The van der Waals surface area contributed by atoms with Gasteiger partial charge in [-0.1, -0.05) is 0 Å². The molecule has 0 unspecified atom stereocenters. The summed E-state index contributed by atoms with van der Waals surface area (Å²) in [5.74, 6) is -2.76. The number of aromatic carboxylic acids is 1. The van der Waals surface area contributed by atoms with Crippen LogP contribution in [0.4, 0.5) is 20.2 Å². The molecule has 0 radical (unpaired) electrons. The number of piperidine rings is 1. The third-order valence-corrected chi connectivity index (χ3v) is 8.78. The molecule has 0 bridgehead atoms. The topological polar surface area (TPSA) is 131 Å². The van der Waals surface area contributed by atoms with Crippen LogP contribution in [0, 0.1) is 17.6 Å². The van der Waals surface area contributed by atoms with Gasteiger partial charge in [0.15, 0.2) is 17.3 Å². The van der Waals surface area contributed by atoms with Crippen LogP contribution in [-0.2, 0) is 0 Å². The molecule has 6 heterocycles. The molecule has 7 rings (SSSR count). The Bertz CT molecular complexity index is 2010. The predicted octanol–water partition coefficient (Wildman–Crippen LogP) is 3.42. The fraction of sp³-hybridized carbons (Fsp3) is 0.310. The van der Waals surface area contributed by atoms with Crippen LogP contribution in [0.25, 0.3) is 44.1 Å². The highest BCUT2D eigenvalue weighted by molar-refractivity contribution is 6.18. The van der Waals surface area contributed by atoms with Gasteiger partial charge >= 0.3 is 5.97 Å². The van der Waals surface area contributed by atoms with Crippen LogP contribution in [0.15, 0.2) is 35.5 Å². The number of hydrogen-bond acceptors (Lipinski definition) is 8. The Balaban J connectivity index is 1.54. The normalized spacial score (nSPS) is 18.8. The number of anilines is 2. The molecular weight excluding hydrogens is 546 g/mol. The molecule has 4 aromatic heterocycles. The summed E-state index contributed by atoms with van der Waals surface area (Å²) in [6.45, 7) is 2.39. The quantitative estimate of drug-likeness (QED) is 0.249. The second-order valence-corrected chi connectivity index (χ2v) is 11.0. The molecule has 2 aliphatic heterocycles. The summed E-state index contributed by atoms with van der Waals surface area (Å²) in [7, 11) is 5.30. The van der Waals surface area contributed by atoms with Crippen LogP contribution in [0.5, 0.6) is 0 Å². The van der Waals surface area contributed by atoms with Crippen molar-refractivity contribution in [1.29, 1.82) is 0 Å². The number of benzene rings is 1. The predicted molar refractivity (Wildman–Crippen MR) is 157 cm³/mol. The van der Waals surface area contributed by atoms with Gasteiger partial charge in [-0.3, -0.25) is 4.79 Å². The van der Waals surface area contributed by atoms with Crippen LogP contribution in [0.2, 0.25) is 0 Å². The van der Waals surface area contributed by atoms with E-state index >= 15 is 4.39 Å². The lowest BCUT2D eigenvalue weighted by atomic mass is 9.82. The number of aromatic nitrogens is 4. The van der Waals surface area contributed by atoms with Gasteiger partial charge in [0.25, 0.3) is 0 Å². The number of likely N-dealkylation sites (N-methyl/N-ethyl adjacent to an activating group) is 1. The molecule has 1 aromatic carbocycles. The van der Waals surface area contributed by atoms with Crippen LogP contribution >= 0.6 is 0 Å². The molecule has 2 saturated heterocycles. The maximum atomic E-state index is 15.6. The molecule has 0 amide bonds. The standard InChI is InChI=1S/C29H28F2N8O3/c1-32-19-7-18(30)23(31)21-22-25(38-5-4-13-10-37(3)20(13)12-38)16(9-34-27(22)36-24(19)21)14-6-15-26(40)17(29(41)42)11-39(33-2)28(15)35-8-14/h6-9,11,13,20,32-33H,4-5,10,12H2,1-3H3,(H,34,36)(H,41,42)/t13-,20-/m0/s1. The zero-order valence-corrected chi connectivity index (χ0v) is 23.1. The molecule has 42 heavy (non-hydrogen) atoms. The van der Waals surface area contributed by atoms with Gasteiger partial charge in [-0.25, -0.2) is 28.2 Å². The Labute approximate surface area is 237 Å². The van der Waals surface area contributed by atoms with E-state index in [9.17, 15) is 19.1 Å². The van der Waals surface area contributed by atoms with Crippen molar-refractivity contribution in [2.24, 2.45) is 5.92 Å². The minimum absolute atomic E-state index is 0.0854. The average Bonchev–Trinajstić information content (AvgIpc) is 3.38. The maximum Gasteiger partial charge on any atom is 0.341 e. The highest BCUT2D eigenvalue weighted by atomic mass is 19.2. The van der Waals surface area contributed by atoms with Gasteiger partial charge in [-0.05, 0) is 25.5 Å². The minimum atomic E-state index is -1.36. The van der Waals surface area contributed by atoms with E-state index in [0.29, 0.717) is 64.1 Å². The summed E-state index contributed by atoms with van der Waals surface area (Å²) in [6.07, 6.45) is 5.34. The number of aromatic amines is 1. The van der Waals surface area contributed by atoms with E-state index in [2.05, 4.69) is 42.5 Å². The zero-order chi connectivity index (χ0) is 29.4. The third-order valence-electron chi connectivity index (χ3n) is 8.78. The van der Waals surface area contributed by atoms with E-state index in [1.165, 1.54) is 10.9 Å². The minimum Gasteiger partial charge on any atom is -0.477 e. The Morgan fingerprint density at radius 1 is 1.14 bits per heavy atom. The number of fused-ring (bicyclic) bond motifs is 5. The first-order valence-electron chi connectivity index (χ1n) is 13.6. The van der Waals surface area contributed by atoms with Gasteiger partial charge in [0.05, 0.1) is 33.1 Å². The lowest BCUT2D eigenvalue weighted by molar-refractivity contribution is 0.0281. The van der Waals surface area contributed by atoms with Crippen molar-refractivity contribution in [2.75, 3.05) is 56.4 Å². The van der Waals surface area contributed by atoms with E-state index in [-0.39, 0.29) is 16.4 Å². The summed E-state index contributed by atoms with van der Waals surface area (Å²) in [5.41, 5.74) is 4.92. The molecular formula is C29H28F2N8O3. The molecule has 216 valence electrons. The van der Waals surface area contributed by atoms with Crippen molar-refractivity contribution in [3.8, 4) is 11.1 Å².